The molecule has 5 heteroatoms. The van der Waals surface area contributed by atoms with Crippen molar-refractivity contribution in [3.63, 3.8) is 0 Å². The summed E-state index contributed by atoms with van der Waals surface area (Å²) >= 11 is 7.15. The van der Waals surface area contributed by atoms with Crippen LogP contribution < -0.4 is 4.72 Å². The average molecular weight is 296 g/mol. The van der Waals surface area contributed by atoms with E-state index >= 15 is 0 Å². The number of para-hydroxylation sites is 1. The third-order valence-corrected chi connectivity index (χ3v) is 3.75. The molecule has 0 saturated heterocycles. The maximum absolute atomic E-state index is 9.61. The molecule has 0 amide bonds. The fourth-order valence-corrected chi connectivity index (χ4v) is 2.39. The quantitative estimate of drug-likeness (QED) is 0.583. The van der Waals surface area contributed by atoms with Gasteiger partial charge in [0.1, 0.15) is 11.5 Å². The first-order valence-electron chi connectivity index (χ1n) is 5.82. The van der Waals surface area contributed by atoms with Gasteiger partial charge in [0.15, 0.2) is 0 Å². The summed E-state index contributed by atoms with van der Waals surface area (Å²) in [7, 11) is 0. The summed E-state index contributed by atoms with van der Waals surface area (Å²) in [5.41, 5.74) is 0.912. The highest BCUT2D eigenvalue weighted by atomic mass is 35.5. The van der Waals surface area contributed by atoms with Gasteiger partial charge in [-0.1, -0.05) is 29.8 Å². The molecule has 0 aromatic heterocycles. The Balaban J connectivity index is 1.81. The molecule has 2 aromatic carbocycles. The molecule has 3 nitrogen and oxygen atoms in total. The normalized spacial score (nSPS) is 10.6. The van der Waals surface area contributed by atoms with Crippen LogP contribution in [0.5, 0.6) is 11.5 Å². The van der Waals surface area contributed by atoms with Gasteiger partial charge >= 0.3 is 0 Å². The maximum Gasteiger partial charge on any atom is 0.135 e. The molecule has 0 spiro atoms. The highest BCUT2D eigenvalue weighted by Crippen LogP contribution is 2.27. The second-order valence-corrected chi connectivity index (χ2v) is 5.36. The van der Waals surface area contributed by atoms with Crippen molar-refractivity contribution in [1.29, 1.82) is 0 Å². The first-order valence-corrected chi connectivity index (χ1v) is 7.01. The van der Waals surface area contributed by atoms with Gasteiger partial charge in [0.05, 0.1) is 5.02 Å². The minimum absolute atomic E-state index is 0.0779. The zero-order valence-electron chi connectivity index (χ0n) is 10.1. The number of halogens is 1. The van der Waals surface area contributed by atoms with Crippen LogP contribution in [0.2, 0.25) is 5.02 Å². The molecule has 19 heavy (non-hydrogen) atoms. The minimum Gasteiger partial charge on any atom is -0.508 e. The largest absolute Gasteiger partial charge is 0.508 e. The monoisotopic (exact) mass is 295 g/mol. The number of hydrogen-bond donors (Lipinski definition) is 3. The van der Waals surface area contributed by atoms with Gasteiger partial charge in [-0.25, -0.2) is 0 Å². The fourth-order valence-electron chi connectivity index (χ4n) is 1.60. The molecule has 0 fully saturated rings. The van der Waals surface area contributed by atoms with E-state index in [0.29, 0.717) is 17.3 Å². The van der Waals surface area contributed by atoms with Crippen molar-refractivity contribution in [2.45, 2.75) is 11.3 Å². The van der Waals surface area contributed by atoms with Crippen LogP contribution in [0.1, 0.15) is 5.56 Å². The third-order valence-electron chi connectivity index (χ3n) is 2.60. The summed E-state index contributed by atoms with van der Waals surface area (Å²) in [6, 6.07) is 12.4. The van der Waals surface area contributed by atoms with Crippen LogP contribution in [0.15, 0.2) is 47.4 Å². The van der Waals surface area contributed by atoms with Crippen molar-refractivity contribution in [3.05, 3.63) is 53.1 Å². The molecule has 0 aliphatic rings. The zero-order chi connectivity index (χ0) is 13.7. The number of aromatic hydroxyl groups is 2. The number of hydrogen-bond acceptors (Lipinski definition) is 4. The van der Waals surface area contributed by atoms with E-state index in [-0.39, 0.29) is 5.75 Å². The summed E-state index contributed by atoms with van der Waals surface area (Å²) in [6.45, 7) is 0.714. The van der Waals surface area contributed by atoms with E-state index in [2.05, 4.69) is 4.72 Å². The van der Waals surface area contributed by atoms with Crippen molar-refractivity contribution in [2.75, 3.05) is 6.54 Å². The van der Waals surface area contributed by atoms with Crippen LogP contribution in [-0.2, 0) is 6.42 Å². The Bertz CT molecular complexity index is 563. The lowest BCUT2D eigenvalue weighted by Gasteiger charge is -2.06. The van der Waals surface area contributed by atoms with Crippen LogP contribution in [0, 0.1) is 0 Å². The third kappa shape index (κ3) is 4.06. The summed E-state index contributed by atoms with van der Waals surface area (Å²) in [5.74, 6) is 0.396. The predicted octanol–water partition coefficient (Wildman–Crippen LogP) is 3.59. The van der Waals surface area contributed by atoms with Gasteiger partial charge in [-0.05, 0) is 48.2 Å². The van der Waals surface area contributed by atoms with Crippen LogP contribution in [0.3, 0.4) is 0 Å². The van der Waals surface area contributed by atoms with Crippen LogP contribution >= 0.6 is 23.5 Å². The van der Waals surface area contributed by atoms with E-state index in [1.54, 1.807) is 24.3 Å². The van der Waals surface area contributed by atoms with E-state index in [1.165, 1.54) is 11.9 Å². The molecule has 2 rings (SSSR count). The second-order valence-electron chi connectivity index (χ2n) is 3.99. The molecule has 0 saturated carbocycles. The van der Waals surface area contributed by atoms with Crippen molar-refractivity contribution in [3.8, 4) is 11.5 Å². The average Bonchev–Trinajstić information content (AvgIpc) is 2.40. The van der Waals surface area contributed by atoms with Crippen LogP contribution in [0.25, 0.3) is 0 Å². The van der Waals surface area contributed by atoms with E-state index in [9.17, 15) is 10.2 Å². The van der Waals surface area contributed by atoms with Gasteiger partial charge in [0.2, 0.25) is 0 Å². The van der Waals surface area contributed by atoms with Crippen molar-refractivity contribution in [1.82, 2.24) is 4.72 Å². The molecule has 0 aliphatic carbocycles. The molecule has 3 N–H and O–H groups in total. The van der Waals surface area contributed by atoms with Gasteiger partial charge in [0.25, 0.3) is 0 Å². The summed E-state index contributed by atoms with van der Waals surface area (Å²) in [4.78, 5) is 0.888. The topological polar surface area (TPSA) is 52.5 Å². The standard InChI is InChI=1S/C14H14ClNO2S/c15-12-6-5-11(9-14(12)18)19-16-8-7-10-3-1-2-4-13(10)17/h1-6,9,16-18H,7-8H2. The smallest absolute Gasteiger partial charge is 0.135 e. The number of nitrogens with one attached hydrogen (secondary N) is 1. The van der Waals surface area contributed by atoms with E-state index in [0.717, 1.165) is 16.9 Å². The summed E-state index contributed by atoms with van der Waals surface area (Å²) in [5, 5.41) is 19.4. The Morgan fingerprint density at radius 1 is 1.05 bits per heavy atom. The van der Waals surface area contributed by atoms with Crippen molar-refractivity contribution >= 4 is 23.5 Å². The van der Waals surface area contributed by atoms with Gasteiger partial charge < -0.3 is 10.2 Å². The lowest BCUT2D eigenvalue weighted by atomic mass is 10.1. The summed E-state index contributed by atoms with van der Waals surface area (Å²) in [6.07, 6.45) is 0.735. The number of rotatable bonds is 5. The Labute approximate surface area is 121 Å². The molecule has 0 heterocycles. The lowest BCUT2D eigenvalue weighted by molar-refractivity contribution is 0.468. The molecule has 0 aliphatic heterocycles. The molecule has 0 bridgehead atoms. The van der Waals surface area contributed by atoms with Crippen LogP contribution in [0.4, 0.5) is 0 Å². The molecule has 100 valence electrons. The number of phenolic OH excluding ortho intramolecular Hbond substituents is 2. The van der Waals surface area contributed by atoms with Gasteiger partial charge in [-0.15, -0.1) is 0 Å². The van der Waals surface area contributed by atoms with Crippen LogP contribution in [-0.4, -0.2) is 16.8 Å². The SMILES string of the molecule is Oc1cc(SNCCc2ccccc2O)ccc1Cl. The summed E-state index contributed by atoms with van der Waals surface area (Å²) < 4.78 is 3.18. The minimum atomic E-state index is 0.0779. The fraction of sp³-hybridized carbons (Fsp3) is 0.143. The first-order chi connectivity index (χ1) is 9.16. The molecular weight excluding hydrogens is 282 g/mol. The van der Waals surface area contributed by atoms with E-state index in [4.69, 9.17) is 11.6 Å². The Kier molecular flexibility index (Phi) is 4.96. The van der Waals surface area contributed by atoms with Gasteiger partial charge in [-0.3, -0.25) is 4.72 Å². The van der Waals surface area contributed by atoms with E-state index in [1.807, 2.05) is 18.2 Å². The Hall–Kier alpha value is -1.36. The second kappa shape index (κ2) is 6.70. The maximum atomic E-state index is 9.61. The first kappa shape index (κ1) is 14.1. The molecule has 2 aromatic rings. The highest BCUT2D eigenvalue weighted by Gasteiger charge is 2.02. The molecular formula is C14H14ClNO2S. The van der Waals surface area contributed by atoms with Crippen molar-refractivity contribution < 1.29 is 10.2 Å². The Morgan fingerprint density at radius 3 is 2.58 bits per heavy atom. The lowest BCUT2D eigenvalue weighted by Crippen LogP contribution is -2.08. The number of benzene rings is 2. The molecule has 0 atom stereocenters. The van der Waals surface area contributed by atoms with Crippen molar-refractivity contribution in [2.24, 2.45) is 0 Å². The number of phenols is 2. The zero-order valence-corrected chi connectivity index (χ0v) is 11.7. The molecule has 0 unspecified atom stereocenters. The van der Waals surface area contributed by atoms with Gasteiger partial charge in [-0.2, -0.15) is 0 Å². The van der Waals surface area contributed by atoms with Gasteiger partial charge in [0, 0.05) is 11.4 Å². The highest BCUT2D eigenvalue weighted by molar-refractivity contribution is 7.97. The van der Waals surface area contributed by atoms with E-state index < -0.39 is 0 Å². The Morgan fingerprint density at radius 2 is 1.84 bits per heavy atom. The predicted molar refractivity (Wildman–Crippen MR) is 78.8 cm³/mol. The molecule has 0 radical (unpaired) electrons.